The molecule has 0 saturated heterocycles. The molecular formula is C13H19. The molecule has 0 saturated carbocycles. The van der Waals surface area contributed by atoms with E-state index in [0.29, 0.717) is 0 Å². The lowest BCUT2D eigenvalue weighted by atomic mass is 9.85. The number of hydrogen-bond donors (Lipinski definition) is 0. The summed E-state index contributed by atoms with van der Waals surface area (Å²) in [5.41, 5.74) is 1.65. The molecule has 0 fully saturated rings. The number of allylic oxidation sites excluding steroid dienone is 4. The molecular weight excluding hydrogens is 156 g/mol. The van der Waals surface area contributed by atoms with Gasteiger partial charge in [-0.2, -0.15) is 0 Å². The highest BCUT2D eigenvalue weighted by Crippen LogP contribution is 2.30. The van der Waals surface area contributed by atoms with Gasteiger partial charge in [-0.15, -0.1) is 0 Å². The molecule has 0 spiro atoms. The lowest BCUT2D eigenvalue weighted by molar-refractivity contribution is 0.526. The van der Waals surface area contributed by atoms with Gasteiger partial charge < -0.3 is 0 Å². The van der Waals surface area contributed by atoms with Gasteiger partial charge in [0.2, 0.25) is 0 Å². The van der Waals surface area contributed by atoms with Crippen LogP contribution in [0.4, 0.5) is 0 Å². The standard InChI is InChI=1S/C13H19/c1-2-5-9-12(8-4-1)13-10-6-3-7-11-13/h3,6,13H,1-2,4-5,7-8,10-11H2. The van der Waals surface area contributed by atoms with E-state index in [2.05, 4.69) is 18.2 Å². The van der Waals surface area contributed by atoms with Gasteiger partial charge in [0.05, 0.1) is 0 Å². The smallest absolute Gasteiger partial charge is 0.0160 e. The highest BCUT2D eigenvalue weighted by atomic mass is 14.2. The van der Waals surface area contributed by atoms with Gasteiger partial charge in [0.25, 0.3) is 0 Å². The molecule has 0 aromatic rings. The molecule has 0 heteroatoms. The van der Waals surface area contributed by atoms with Crippen LogP contribution in [0.1, 0.15) is 51.4 Å². The Hall–Kier alpha value is -0.520. The van der Waals surface area contributed by atoms with E-state index < -0.39 is 0 Å². The van der Waals surface area contributed by atoms with Crippen LogP contribution in [0.2, 0.25) is 0 Å². The van der Waals surface area contributed by atoms with Gasteiger partial charge >= 0.3 is 0 Å². The highest BCUT2D eigenvalue weighted by molar-refractivity contribution is 5.09. The second-order valence-electron chi connectivity index (χ2n) is 4.24. The zero-order valence-electron chi connectivity index (χ0n) is 8.39. The van der Waals surface area contributed by atoms with Gasteiger partial charge in [0.15, 0.2) is 0 Å². The molecule has 1 atom stereocenters. The molecule has 0 N–H and O–H groups in total. The average Bonchev–Trinajstić information content (AvgIpc) is 2.47. The summed E-state index contributed by atoms with van der Waals surface area (Å²) in [5, 5.41) is 0. The average molecular weight is 175 g/mol. The normalized spacial score (nSPS) is 29.5. The van der Waals surface area contributed by atoms with Crippen LogP contribution in [0.15, 0.2) is 17.7 Å². The molecule has 0 aromatic carbocycles. The molecule has 2 aliphatic carbocycles. The lowest BCUT2D eigenvalue weighted by Crippen LogP contribution is -2.06. The summed E-state index contributed by atoms with van der Waals surface area (Å²) in [4.78, 5) is 0. The van der Waals surface area contributed by atoms with Crippen LogP contribution in [-0.4, -0.2) is 0 Å². The Balaban J connectivity index is 1.97. The van der Waals surface area contributed by atoms with Crippen LogP contribution in [0.5, 0.6) is 0 Å². The van der Waals surface area contributed by atoms with Crippen molar-refractivity contribution in [2.75, 3.05) is 0 Å². The number of rotatable bonds is 1. The third-order valence-electron chi connectivity index (χ3n) is 3.24. The van der Waals surface area contributed by atoms with Crippen LogP contribution in [-0.2, 0) is 0 Å². The lowest BCUT2D eigenvalue weighted by Gasteiger charge is -2.20. The van der Waals surface area contributed by atoms with Crippen LogP contribution in [0.3, 0.4) is 0 Å². The molecule has 13 heavy (non-hydrogen) atoms. The summed E-state index contributed by atoms with van der Waals surface area (Å²) in [6.07, 6.45) is 19.0. The van der Waals surface area contributed by atoms with Crippen molar-refractivity contribution in [2.45, 2.75) is 51.4 Å². The van der Waals surface area contributed by atoms with E-state index in [1.165, 1.54) is 51.4 Å². The summed E-state index contributed by atoms with van der Waals surface area (Å²) in [6.45, 7) is 0. The van der Waals surface area contributed by atoms with Gasteiger partial charge in [0.1, 0.15) is 0 Å². The van der Waals surface area contributed by atoms with Gasteiger partial charge in [-0.25, -0.2) is 0 Å². The topological polar surface area (TPSA) is 0 Å². The fraction of sp³-hybridized carbons (Fsp3) is 0.692. The van der Waals surface area contributed by atoms with Crippen LogP contribution < -0.4 is 0 Å². The summed E-state index contributed by atoms with van der Waals surface area (Å²) in [6, 6.07) is 0. The Morgan fingerprint density at radius 1 is 1.15 bits per heavy atom. The summed E-state index contributed by atoms with van der Waals surface area (Å²) in [7, 11) is 0. The molecule has 0 bridgehead atoms. The first-order valence-electron chi connectivity index (χ1n) is 5.71. The molecule has 0 heterocycles. The Kier molecular flexibility index (Phi) is 3.23. The van der Waals surface area contributed by atoms with Gasteiger partial charge in [-0.1, -0.05) is 24.1 Å². The predicted molar refractivity (Wildman–Crippen MR) is 56.3 cm³/mol. The van der Waals surface area contributed by atoms with Crippen LogP contribution >= 0.6 is 0 Å². The van der Waals surface area contributed by atoms with Crippen molar-refractivity contribution in [3.8, 4) is 0 Å². The molecule has 2 rings (SSSR count). The van der Waals surface area contributed by atoms with Crippen LogP contribution in [0, 0.1) is 12.0 Å². The Labute approximate surface area is 81.7 Å². The van der Waals surface area contributed by atoms with Crippen molar-refractivity contribution < 1.29 is 0 Å². The van der Waals surface area contributed by atoms with E-state index in [1.54, 1.807) is 5.57 Å². The van der Waals surface area contributed by atoms with Crippen molar-refractivity contribution in [2.24, 2.45) is 5.92 Å². The fourth-order valence-electron chi connectivity index (χ4n) is 2.41. The Bertz CT molecular complexity index is 210. The zero-order chi connectivity index (χ0) is 8.93. The maximum absolute atomic E-state index is 3.63. The van der Waals surface area contributed by atoms with Crippen molar-refractivity contribution >= 4 is 0 Å². The highest BCUT2D eigenvalue weighted by Gasteiger charge is 2.15. The predicted octanol–water partition coefficient (Wildman–Crippen LogP) is 4.04. The third kappa shape index (κ3) is 2.46. The SMILES string of the molecule is [C]1=C(C2CC=CCC2)CCCCC1. The maximum Gasteiger partial charge on any atom is -0.0160 e. The van der Waals surface area contributed by atoms with E-state index >= 15 is 0 Å². The second kappa shape index (κ2) is 4.64. The van der Waals surface area contributed by atoms with E-state index in [-0.39, 0.29) is 0 Å². The monoisotopic (exact) mass is 175 g/mol. The van der Waals surface area contributed by atoms with Crippen molar-refractivity contribution in [3.63, 3.8) is 0 Å². The first-order valence-corrected chi connectivity index (χ1v) is 5.71. The summed E-state index contributed by atoms with van der Waals surface area (Å²) in [5.74, 6) is 0.850. The first-order chi connectivity index (χ1) is 6.47. The van der Waals surface area contributed by atoms with Gasteiger partial charge in [-0.05, 0) is 56.9 Å². The Morgan fingerprint density at radius 2 is 2.15 bits per heavy atom. The van der Waals surface area contributed by atoms with Crippen molar-refractivity contribution in [3.05, 3.63) is 23.8 Å². The van der Waals surface area contributed by atoms with Crippen molar-refractivity contribution in [1.82, 2.24) is 0 Å². The third-order valence-corrected chi connectivity index (χ3v) is 3.24. The maximum atomic E-state index is 3.63. The molecule has 71 valence electrons. The Morgan fingerprint density at radius 3 is 3.00 bits per heavy atom. The first kappa shape index (κ1) is 9.05. The molecule has 0 nitrogen and oxygen atoms in total. The largest absolute Gasteiger partial charge is 0.0885 e. The minimum absolute atomic E-state index is 0.850. The van der Waals surface area contributed by atoms with E-state index in [9.17, 15) is 0 Å². The molecule has 1 radical (unpaired) electrons. The van der Waals surface area contributed by atoms with E-state index in [1.807, 2.05) is 0 Å². The molecule has 2 aliphatic rings. The van der Waals surface area contributed by atoms with E-state index in [0.717, 1.165) is 5.92 Å². The van der Waals surface area contributed by atoms with Crippen molar-refractivity contribution in [1.29, 1.82) is 0 Å². The minimum atomic E-state index is 0.850. The van der Waals surface area contributed by atoms with Gasteiger partial charge in [-0.3, -0.25) is 0 Å². The summed E-state index contributed by atoms with van der Waals surface area (Å²) >= 11 is 0. The minimum Gasteiger partial charge on any atom is -0.0885 e. The van der Waals surface area contributed by atoms with Crippen LogP contribution in [0.25, 0.3) is 0 Å². The molecule has 0 aromatic heterocycles. The number of hydrogen-bond acceptors (Lipinski definition) is 0. The fourth-order valence-corrected chi connectivity index (χ4v) is 2.41. The molecule has 1 unspecified atom stereocenters. The summed E-state index contributed by atoms with van der Waals surface area (Å²) < 4.78 is 0. The quantitative estimate of drug-likeness (QED) is 0.528. The van der Waals surface area contributed by atoms with Gasteiger partial charge in [0, 0.05) is 0 Å². The zero-order valence-corrected chi connectivity index (χ0v) is 8.39. The second-order valence-corrected chi connectivity index (χ2v) is 4.24. The molecule has 0 amide bonds. The van der Waals surface area contributed by atoms with E-state index in [4.69, 9.17) is 0 Å². The molecule has 0 aliphatic heterocycles.